The van der Waals surface area contributed by atoms with Gasteiger partial charge in [0.05, 0.1) is 11.0 Å². The molecule has 0 spiro atoms. The van der Waals surface area contributed by atoms with E-state index in [1.807, 2.05) is 29.5 Å². The second-order valence-electron chi connectivity index (χ2n) is 2.07. The summed E-state index contributed by atoms with van der Waals surface area (Å²) >= 11 is 1.93. The van der Waals surface area contributed by atoms with E-state index in [2.05, 4.69) is 0 Å². The van der Waals surface area contributed by atoms with Gasteiger partial charge in [-0.1, -0.05) is 29.5 Å². The molecule has 0 radical (unpaired) electrons. The normalized spacial score (nSPS) is 9.27. The van der Waals surface area contributed by atoms with Crippen molar-refractivity contribution in [1.82, 2.24) is 0 Å². The van der Waals surface area contributed by atoms with E-state index in [0.29, 0.717) is 11.0 Å². The molecule has 0 saturated carbocycles. The predicted molar refractivity (Wildman–Crippen MR) is 49.8 cm³/mol. The van der Waals surface area contributed by atoms with Crippen molar-refractivity contribution in [3.05, 3.63) is 0 Å². The van der Waals surface area contributed by atoms with Crippen molar-refractivity contribution >= 4 is 34.3 Å². The maximum atomic E-state index is 10.7. The smallest absolute Gasteiger partial charge is 0.313 e. The van der Waals surface area contributed by atoms with Crippen LogP contribution in [0.2, 0.25) is 0 Å². The Hall–Kier alpha value is -0.130. The van der Waals surface area contributed by atoms with Crippen molar-refractivity contribution < 1.29 is 14.3 Å². The first-order chi connectivity index (χ1) is 5.20. The molecule has 0 heterocycles. The lowest BCUT2D eigenvalue weighted by Gasteiger charge is -1.99. The topological polar surface area (TPSA) is 43.4 Å². The third-order valence-corrected chi connectivity index (χ3v) is 1.81. The van der Waals surface area contributed by atoms with Gasteiger partial charge < -0.3 is 4.74 Å². The molecule has 0 aliphatic rings. The summed E-state index contributed by atoms with van der Waals surface area (Å²) in [6, 6.07) is 0. The highest BCUT2D eigenvalue weighted by Gasteiger charge is 2.07. The maximum Gasteiger partial charge on any atom is 0.313 e. The molecule has 0 N–H and O–H groups in total. The van der Waals surface area contributed by atoms with E-state index in [0.717, 1.165) is 6.42 Å². The number of hydrogen-bond acceptors (Lipinski definition) is 3. The fraction of sp³-hybridized carbons (Fsp3) is 0.714. The van der Waals surface area contributed by atoms with Gasteiger partial charge in [0.15, 0.2) is 5.78 Å². The molecule has 0 amide bonds. The minimum Gasteiger partial charge on any atom is -0.465 e. The van der Waals surface area contributed by atoms with Crippen LogP contribution in [0.4, 0.5) is 0 Å². The first-order valence-corrected chi connectivity index (χ1v) is 4.96. The van der Waals surface area contributed by atoms with Crippen LogP contribution in [0.25, 0.3) is 0 Å². The number of rotatable bonds is 5. The van der Waals surface area contributed by atoms with Crippen LogP contribution in [0, 0.1) is 0 Å². The van der Waals surface area contributed by atoms with Crippen LogP contribution < -0.4 is 0 Å². The van der Waals surface area contributed by atoms with E-state index in [9.17, 15) is 9.59 Å². The number of esters is 1. The lowest BCUT2D eigenvalue weighted by molar-refractivity contribution is -0.145. The number of alkyl halides is 1. The van der Waals surface area contributed by atoms with E-state index >= 15 is 0 Å². The summed E-state index contributed by atoms with van der Waals surface area (Å²) < 4.78 is 5.07. The highest BCUT2D eigenvalue weighted by atomic mass is 127. The number of Topliss-reactive ketones (excluding diaryl/α,β-unsaturated/α-hetero) is 1. The number of hydrogen-bond donors (Lipinski definition) is 0. The first kappa shape index (κ1) is 10.9. The Morgan fingerprint density at radius 2 is 2.09 bits per heavy atom. The van der Waals surface area contributed by atoms with Crippen molar-refractivity contribution in [2.75, 3.05) is 11.0 Å². The summed E-state index contributed by atoms with van der Waals surface area (Å²) in [5.74, 6) is -0.486. The second kappa shape index (κ2) is 6.57. The summed E-state index contributed by atoms with van der Waals surface area (Å²) in [4.78, 5) is 21.4. The molecule has 0 atom stereocenters. The van der Waals surface area contributed by atoms with Gasteiger partial charge in [-0.05, 0) is 6.42 Å². The zero-order valence-corrected chi connectivity index (χ0v) is 8.59. The Labute approximate surface area is 79.6 Å². The molecule has 11 heavy (non-hydrogen) atoms. The van der Waals surface area contributed by atoms with Crippen LogP contribution in [0.1, 0.15) is 19.8 Å². The van der Waals surface area contributed by atoms with Gasteiger partial charge >= 0.3 is 5.97 Å². The molecule has 0 saturated heterocycles. The minimum absolute atomic E-state index is 0.0771. The Bertz CT molecular complexity index is 145. The summed E-state index contributed by atoms with van der Waals surface area (Å²) in [5, 5.41) is 0. The average molecular weight is 270 g/mol. The van der Waals surface area contributed by atoms with Crippen LogP contribution in [0.3, 0.4) is 0 Å². The van der Waals surface area contributed by atoms with Crippen molar-refractivity contribution in [3.8, 4) is 0 Å². The Morgan fingerprint density at radius 3 is 2.55 bits per heavy atom. The molecule has 3 nitrogen and oxygen atoms in total. The first-order valence-electron chi connectivity index (χ1n) is 3.44. The fourth-order valence-corrected chi connectivity index (χ4v) is 0.745. The fourth-order valence-electron chi connectivity index (χ4n) is 0.475. The lowest BCUT2D eigenvalue weighted by Crippen LogP contribution is -2.12. The van der Waals surface area contributed by atoms with Gasteiger partial charge in [-0.15, -0.1) is 0 Å². The molecule has 0 rings (SSSR count). The standard InChI is InChI=1S/C7H11IO3/c1-2-3-11-7(10)4-6(9)5-8/h2-5H2,1H3. The highest BCUT2D eigenvalue weighted by molar-refractivity contribution is 14.1. The quantitative estimate of drug-likeness (QED) is 0.327. The molecule has 0 aromatic rings. The molecule has 0 unspecified atom stereocenters. The molecule has 0 bridgehead atoms. The molecule has 4 heteroatoms. The van der Waals surface area contributed by atoms with Gasteiger partial charge in [0.2, 0.25) is 0 Å². The number of carbonyl (C=O) groups excluding carboxylic acids is 2. The van der Waals surface area contributed by atoms with E-state index in [-0.39, 0.29) is 12.2 Å². The zero-order valence-electron chi connectivity index (χ0n) is 6.43. The Kier molecular flexibility index (Phi) is 6.49. The van der Waals surface area contributed by atoms with Crippen molar-refractivity contribution in [2.45, 2.75) is 19.8 Å². The maximum absolute atomic E-state index is 10.7. The monoisotopic (exact) mass is 270 g/mol. The summed E-state index contributed by atoms with van der Waals surface area (Å²) in [5.41, 5.74) is 0. The van der Waals surface area contributed by atoms with E-state index < -0.39 is 5.97 Å². The number of carbonyl (C=O) groups is 2. The lowest BCUT2D eigenvalue weighted by atomic mass is 10.3. The van der Waals surface area contributed by atoms with Gasteiger partial charge in [-0.25, -0.2) is 0 Å². The molecule has 0 aromatic heterocycles. The average Bonchev–Trinajstić information content (AvgIpc) is 2.00. The molecular weight excluding hydrogens is 259 g/mol. The van der Waals surface area contributed by atoms with Crippen LogP contribution in [-0.4, -0.2) is 22.8 Å². The van der Waals surface area contributed by atoms with E-state index in [4.69, 9.17) is 4.74 Å². The van der Waals surface area contributed by atoms with Crippen LogP contribution in [0.15, 0.2) is 0 Å². The molecule has 0 aliphatic carbocycles. The largest absolute Gasteiger partial charge is 0.465 e. The highest BCUT2D eigenvalue weighted by Crippen LogP contribution is 1.93. The summed E-state index contributed by atoms with van der Waals surface area (Å²) in [7, 11) is 0. The summed E-state index contributed by atoms with van der Waals surface area (Å²) in [6.45, 7) is 2.32. The molecule has 0 aliphatic heterocycles. The second-order valence-corrected chi connectivity index (χ2v) is 2.83. The Morgan fingerprint density at radius 1 is 1.45 bits per heavy atom. The SMILES string of the molecule is CCCOC(=O)CC(=O)CI. The van der Waals surface area contributed by atoms with Gasteiger partial charge in [0, 0.05) is 0 Å². The van der Waals surface area contributed by atoms with Crippen molar-refractivity contribution in [1.29, 1.82) is 0 Å². The zero-order chi connectivity index (χ0) is 8.69. The number of halogens is 1. The van der Waals surface area contributed by atoms with E-state index in [1.165, 1.54) is 0 Å². The van der Waals surface area contributed by atoms with Crippen molar-refractivity contribution in [3.63, 3.8) is 0 Å². The van der Waals surface area contributed by atoms with Gasteiger partial charge in [0.25, 0.3) is 0 Å². The van der Waals surface area contributed by atoms with Crippen LogP contribution in [0.5, 0.6) is 0 Å². The van der Waals surface area contributed by atoms with Gasteiger partial charge in [-0.2, -0.15) is 0 Å². The molecule has 0 aromatic carbocycles. The van der Waals surface area contributed by atoms with Gasteiger partial charge in [-0.3, -0.25) is 9.59 Å². The number of ketones is 1. The van der Waals surface area contributed by atoms with Crippen LogP contribution in [-0.2, 0) is 14.3 Å². The molecular formula is C7H11IO3. The predicted octanol–water partition coefficient (Wildman–Crippen LogP) is 1.33. The molecule has 64 valence electrons. The number of ether oxygens (including phenoxy) is 1. The third-order valence-electron chi connectivity index (χ3n) is 0.958. The van der Waals surface area contributed by atoms with E-state index in [1.54, 1.807) is 0 Å². The molecule has 0 fully saturated rings. The summed E-state index contributed by atoms with van der Waals surface area (Å²) in [6.07, 6.45) is 0.715. The minimum atomic E-state index is -0.409. The van der Waals surface area contributed by atoms with Crippen molar-refractivity contribution in [2.24, 2.45) is 0 Å². The Balaban J connectivity index is 3.44. The van der Waals surface area contributed by atoms with Gasteiger partial charge in [0.1, 0.15) is 6.42 Å². The van der Waals surface area contributed by atoms with Crippen LogP contribution >= 0.6 is 22.6 Å². The third kappa shape index (κ3) is 6.28.